The third kappa shape index (κ3) is 11.1. The summed E-state index contributed by atoms with van der Waals surface area (Å²) < 4.78 is 5.34. The Morgan fingerprint density at radius 1 is 1.00 bits per heavy atom. The molecule has 3 aromatic carbocycles. The summed E-state index contributed by atoms with van der Waals surface area (Å²) in [4.78, 5) is 56.6. The summed E-state index contributed by atoms with van der Waals surface area (Å²) >= 11 is 6.27. The number of esters is 1. The van der Waals surface area contributed by atoms with E-state index in [1.807, 2.05) is 6.07 Å². The largest absolute Gasteiger partial charge is 0.480 e. The Bertz CT molecular complexity index is 1340. The molecule has 3 rings (SSSR count). The minimum atomic E-state index is -1.14. The van der Waals surface area contributed by atoms with Crippen LogP contribution in [-0.4, -0.2) is 41.1 Å². The summed E-state index contributed by atoms with van der Waals surface area (Å²) in [5.74, 6) is -2.17. The number of amides is 1. The number of carbonyl (C=O) groups excluding carboxylic acids is 4. The lowest BCUT2D eigenvalue weighted by molar-refractivity contribution is -0.191. The number of rotatable bonds is 9. The van der Waals surface area contributed by atoms with Gasteiger partial charge in [0.05, 0.1) is 17.7 Å². The highest BCUT2D eigenvalue weighted by Crippen LogP contribution is 2.24. The Morgan fingerprint density at radius 2 is 1.62 bits per heavy atom. The molecule has 0 aliphatic heterocycles. The molecule has 0 fully saturated rings. The van der Waals surface area contributed by atoms with Gasteiger partial charge in [0.15, 0.2) is 5.96 Å². The van der Waals surface area contributed by atoms with Crippen LogP contribution in [0, 0.1) is 0 Å². The van der Waals surface area contributed by atoms with Crippen molar-refractivity contribution in [1.29, 1.82) is 0 Å². The van der Waals surface area contributed by atoms with Crippen molar-refractivity contribution in [2.45, 2.75) is 18.9 Å². The minimum Gasteiger partial charge on any atom is -0.480 e. The molecule has 0 aromatic heterocycles. The van der Waals surface area contributed by atoms with Gasteiger partial charge in [-0.2, -0.15) is 9.59 Å². The van der Waals surface area contributed by atoms with Crippen molar-refractivity contribution >= 4 is 59.7 Å². The van der Waals surface area contributed by atoms with Crippen LogP contribution < -0.4 is 21.5 Å². The number of aliphatic carboxylic acids is 1. The number of carboxylic acid groups (broad SMARTS) is 1. The van der Waals surface area contributed by atoms with Crippen LogP contribution in [0.15, 0.2) is 77.8 Å². The highest BCUT2D eigenvalue weighted by atomic mass is 35.5. The molecule has 0 radical (unpaired) electrons. The highest BCUT2D eigenvalue weighted by Gasteiger charge is 2.21. The maximum Gasteiger partial charge on any atom is 0.373 e. The van der Waals surface area contributed by atoms with Crippen LogP contribution in [0.1, 0.15) is 21.5 Å². The number of nitrogens with one attached hydrogen (secondary N) is 1. The summed E-state index contributed by atoms with van der Waals surface area (Å²) in [7, 11) is 0. The molecule has 1 atom stereocenters. The molecule has 0 spiro atoms. The molecule has 11 nitrogen and oxygen atoms in total. The fraction of sp³-hybridized carbons (Fsp3) is 0.115. The zero-order chi connectivity index (χ0) is 28.1. The monoisotopic (exact) mass is 574 g/mol. The first-order valence-corrected chi connectivity index (χ1v) is 11.3. The predicted molar refractivity (Wildman–Crippen MR) is 144 cm³/mol. The van der Waals surface area contributed by atoms with Gasteiger partial charge in [-0.05, 0) is 47.5 Å². The van der Waals surface area contributed by atoms with Crippen molar-refractivity contribution in [1.82, 2.24) is 5.32 Å². The molecule has 0 saturated heterocycles. The number of benzene rings is 3. The molecule has 13 heteroatoms. The molecule has 0 aliphatic carbocycles. The molecule has 0 heterocycles. The third-order valence-corrected chi connectivity index (χ3v) is 5.22. The van der Waals surface area contributed by atoms with Gasteiger partial charge < -0.3 is 26.6 Å². The van der Waals surface area contributed by atoms with E-state index >= 15 is 0 Å². The zero-order valence-corrected chi connectivity index (χ0v) is 21.8. The van der Waals surface area contributed by atoms with E-state index in [4.69, 9.17) is 37.4 Å². The summed E-state index contributed by atoms with van der Waals surface area (Å²) in [5, 5.41) is 12.2. The van der Waals surface area contributed by atoms with Crippen LogP contribution in [0.2, 0.25) is 5.02 Å². The second kappa shape index (κ2) is 16.2. The fourth-order valence-electron chi connectivity index (χ4n) is 3.19. The van der Waals surface area contributed by atoms with Gasteiger partial charge in [-0.15, -0.1) is 12.4 Å². The van der Waals surface area contributed by atoms with E-state index < -0.39 is 23.9 Å². The van der Waals surface area contributed by atoms with E-state index in [1.54, 1.807) is 42.5 Å². The van der Waals surface area contributed by atoms with Gasteiger partial charge in [-0.3, -0.25) is 4.79 Å². The molecule has 0 saturated carbocycles. The van der Waals surface area contributed by atoms with Crippen LogP contribution in [0.3, 0.4) is 0 Å². The molecule has 1 amide bonds. The van der Waals surface area contributed by atoms with Crippen molar-refractivity contribution in [2.75, 3.05) is 0 Å². The zero-order valence-electron chi connectivity index (χ0n) is 20.2. The number of carboxylic acids is 1. The number of nitrogens with two attached hydrogens (primary N) is 2. The van der Waals surface area contributed by atoms with Crippen LogP contribution >= 0.6 is 24.0 Å². The average molecular weight is 575 g/mol. The minimum absolute atomic E-state index is 0. The van der Waals surface area contributed by atoms with E-state index in [2.05, 4.69) is 10.3 Å². The first-order valence-electron chi connectivity index (χ1n) is 10.9. The van der Waals surface area contributed by atoms with Crippen molar-refractivity contribution in [3.8, 4) is 5.75 Å². The fourth-order valence-corrected chi connectivity index (χ4v) is 3.43. The van der Waals surface area contributed by atoms with Gasteiger partial charge in [0, 0.05) is 11.4 Å². The van der Waals surface area contributed by atoms with Gasteiger partial charge in [-0.25, -0.2) is 14.6 Å². The van der Waals surface area contributed by atoms with Gasteiger partial charge >= 0.3 is 18.1 Å². The van der Waals surface area contributed by atoms with E-state index in [9.17, 15) is 19.5 Å². The van der Waals surface area contributed by atoms with E-state index in [0.29, 0.717) is 11.3 Å². The van der Waals surface area contributed by atoms with Crippen LogP contribution in [0.25, 0.3) is 0 Å². The molecule has 3 aromatic rings. The lowest BCUT2D eigenvalue weighted by Gasteiger charge is -2.15. The molecule has 39 heavy (non-hydrogen) atoms. The lowest BCUT2D eigenvalue weighted by atomic mass is 10.1. The first-order chi connectivity index (χ1) is 18.1. The Labute approximate surface area is 234 Å². The van der Waals surface area contributed by atoms with Crippen molar-refractivity contribution < 1.29 is 33.8 Å². The normalized spacial score (nSPS) is 10.3. The van der Waals surface area contributed by atoms with Crippen molar-refractivity contribution in [3.63, 3.8) is 0 Å². The summed E-state index contributed by atoms with van der Waals surface area (Å²) in [6, 6.07) is 18.5. The number of carbonyl (C=O) groups is 3. The molecule has 0 unspecified atom stereocenters. The van der Waals surface area contributed by atoms with Gasteiger partial charge in [-0.1, -0.05) is 48.0 Å². The van der Waals surface area contributed by atoms with Crippen LogP contribution in [0.5, 0.6) is 5.75 Å². The Hall–Kier alpha value is -4.70. The first kappa shape index (κ1) is 32.3. The van der Waals surface area contributed by atoms with Gasteiger partial charge in [0.2, 0.25) is 5.91 Å². The van der Waals surface area contributed by atoms with Crippen molar-refractivity contribution in [3.05, 3.63) is 94.5 Å². The Morgan fingerprint density at radius 3 is 2.15 bits per heavy atom. The van der Waals surface area contributed by atoms with Gasteiger partial charge in [0.1, 0.15) is 11.8 Å². The quantitative estimate of drug-likeness (QED) is 0.129. The average Bonchev–Trinajstić information content (AvgIpc) is 2.86. The molecule has 204 valence electrons. The molecular weight excluding hydrogens is 551 g/mol. The lowest BCUT2D eigenvalue weighted by Crippen LogP contribution is -2.43. The molecule has 6 N–H and O–H groups in total. The van der Waals surface area contributed by atoms with Crippen LogP contribution in [0.4, 0.5) is 5.69 Å². The van der Waals surface area contributed by atoms with Crippen LogP contribution in [-0.2, 0) is 32.0 Å². The highest BCUT2D eigenvalue weighted by molar-refractivity contribution is 6.31. The maximum absolute atomic E-state index is 12.5. The molecule has 0 aliphatic rings. The number of halogens is 2. The molecular formula is C26H24Cl2N4O7. The standard InChI is InChI=1S/C25H23ClN4O5.CO2.ClH/c26-20-14-19(35-24(34)16-6-9-18(10-7-16)29-25(27)28)11-8-17(20)13-22(31)30-21(23(32)33)12-15-4-2-1-3-5-15;2-1-3;/h1-11,14,21H,12-13H2,(H,30,31)(H,32,33)(H4,27,28,29);;1H/t21-;;/m0../s1. The van der Waals surface area contributed by atoms with Gasteiger partial charge in [0.25, 0.3) is 0 Å². The van der Waals surface area contributed by atoms with Crippen molar-refractivity contribution in [2.24, 2.45) is 16.5 Å². The Balaban J connectivity index is 0.00000181. The smallest absolute Gasteiger partial charge is 0.373 e. The summed E-state index contributed by atoms with van der Waals surface area (Å²) in [6.07, 6.45) is 0.259. The second-order valence-electron chi connectivity index (χ2n) is 7.63. The SMILES string of the molecule is Cl.NC(N)=Nc1ccc(C(=O)Oc2ccc(CC(=O)N[C@@H](Cc3ccccc3)C(=O)O)c(Cl)c2)cc1.O=C=O. The predicted octanol–water partition coefficient (Wildman–Crippen LogP) is 2.66. The number of aliphatic imine (C=N–C) groups is 1. The maximum atomic E-state index is 12.5. The van der Waals surface area contributed by atoms with E-state index in [1.165, 1.54) is 24.3 Å². The topological polar surface area (TPSA) is 191 Å². The summed E-state index contributed by atoms with van der Waals surface area (Å²) in [5.41, 5.74) is 12.6. The number of hydrogen-bond acceptors (Lipinski definition) is 7. The number of hydrogen-bond donors (Lipinski definition) is 4. The second-order valence-corrected chi connectivity index (χ2v) is 8.04. The number of guanidine groups is 1. The summed E-state index contributed by atoms with van der Waals surface area (Å²) in [6.45, 7) is 0. The number of nitrogens with zero attached hydrogens (tertiary/aromatic N) is 1. The third-order valence-electron chi connectivity index (χ3n) is 4.86. The Kier molecular flexibility index (Phi) is 13.4. The molecule has 0 bridgehead atoms. The van der Waals surface area contributed by atoms with E-state index in [0.717, 1.165) is 5.56 Å². The number of ether oxygens (including phenoxy) is 1. The van der Waals surface area contributed by atoms with E-state index in [-0.39, 0.29) is 53.7 Å².